The Balaban J connectivity index is 1.87. The van der Waals surface area contributed by atoms with Crippen LogP contribution in [0.15, 0.2) is 66.9 Å². The van der Waals surface area contributed by atoms with Crippen molar-refractivity contribution in [3.05, 3.63) is 72.6 Å². The highest BCUT2D eigenvalue weighted by Crippen LogP contribution is 2.39. The van der Waals surface area contributed by atoms with E-state index in [1.54, 1.807) is 0 Å². The molecule has 3 heterocycles. The Bertz CT molecular complexity index is 966. The number of imidazole rings is 1. The summed E-state index contributed by atoms with van der Waals surface area (Å²) in [7, 11) is 0. The maximum absolute atomic E-state index is 4.86. The average molecular weight is 286 g/mol. The summed E-state index contributed by atoms with van der Waals surface area (Å²) in [6, 6.07) is 20.7. The molecule has 0 saturated heterocycles. The van der Waals surface area contributed by atoms with Crippen LogP contribution in [-0.4, -0.2) is 14.5 Å². The SMILES string of the molecule is c1c[nH]c(C2Nc3ccccc3-c3nc4ccccc4n32)c1. The van der Waals surface area contributed by atoms with Crippen LogP contribution in [0.5, 0.6) is 0 Å². The molecule has 0 radical (unpaired) electrons. The van der Waals surface area contributed by atoms with Crippen LogP contribution in [0, 0.1) is 0 Å². The molecular formula is C18H14N4. The summed E-state index contributed by atoms with van der Waals surface area (Å²) in [5.41, 5.74) is 5.54. The van der Waals surface area contributed by atoms with Crippen LogP contribution in [0.1, 0.15) is 11.9 Å². The van der Waals surface area contributed by atoms with Crippen LogP contribution in [0.3, 0.4) is 0 Å². The number of H-pyrrole nitrogens is 1. The van der Waals surface area contributed by atoms with Gasteiger partial charge in [-0.2, -0.15) is 0 Å². The highest BCUT2D eigenvalue weighted by Gasteiger charge is 2.28. The normalized spacial score (nSPS) is 16.1. The van der Waals surface area contributed by atoms with E-state index >= 15 is 0 Å². The predicted octanol–water partition coefficient (Wildman–Crippen LogP) is 4.00. The number of nitrogens with zero attached hydrogens (tertiary/aromatic N) is 2. The Hall–Kier alpha value is -3.01. The molecule has 4 aromatic rings. The first-order chi connectivity index (χ1) is 10.9. The van der Waals surface area contributed by atoms with E-state index in [-0.39, 0.29) is 6.17 Å². The zero-order valence-corrected chi connectivity index (χ0v) is 11.8. The minimum Gasteiger partial charge on any atom is -0.362 e. The molecule has 4 nitrogen and oxygen atoms in total. The van der Waals surface area contributed by atoms with E-state index in [1.807, 2.05) is 18.3 Å². The molecule has 1 aliphatic heterocycles. The molecule has 1 unspecified atom stereocenters. The largest absolute Gasteiger partial charge is 0.362 e. The van der Waals surface area contributed by atoms with Crippen LogP contribution in [0.2, 0.25) is 0 Å². The summed E-state index contributed by atoms with van der Waals surface area (Å²) in [6.45, 7) is 0. The van der Waals surface area contributed by atoms with Crippen LogP contribution in [0.25, 0.3) is 22.4 Å². The van der Waals surface area contributed by atoms with Crippen molar-refractivity contribution >= 4 is 16.7 Å². The fraction of sp³-hybridized carbons (Fsp3) is 0.0556. The lowest BCUT2D eigenvalue weighted by molar-refractivity contribution is 0.653. The van der Waals surface area contributed by atoms with Crippen molar-refractivity contribution in [2.75, 3.05) is 5.32 Å². The molecular weight excluding hydrogens is 272 g/mol. The Morgan fingerprint density at radius 1 is 0.909 bits per heavy atom. The number of rotatable bonds is 1. The predicted molar refractivity (Wildman–Crippen MR) is 87.7 cm³/mol. The van der Waals surface area contributed by atoms with E-state index in [2.05, 4.69) is 63.4 Å². The molecule has 0 aliphatic carbocycles. The van der Waals surface area contributed by atoms with Crippen molar-refractivity contribution in [3.63, 3.8) is 0 Å². The summed E-state index contributed by atoms with van der Waals surface area (Å²) < 4.78 is 2.27. The van der Waals surface area contributed by atoms with Gasteiger partial charge in [0.2, 0.25) is 0 Å². The van der Waals surface area contributed by atoms with E-state index in [4.69, 9.17) is 4.98 Å². The summed E-state index contributed by atoms with van der Waals surface area (Å²) in [5.74, 6) is 1.01. The minimum absolute atomic E-state index is 0.0206. The molecule has 1 atom stereocenters. The van der Waals surface area contributed by atoms with Gasteiger partial charge in [-0.15, -0.1) is 0 Å². The van der Waals surface area contributed by atoms with Gasteiger partial charge >= 0.3 is 0 Å². The average Bonchev–Trinajstić information content (AvgIpc) is 3.22. The fourth-order valence-corrected chi connectivity index (χ4v) is 3.24. The lowest BCUT2D eigenvalue weighted by Crippen LogP contribution is -2.25. The number of fused-ring (bicyclic) bond motifs is 5. The van der Waals surface area contributed by atoms with E-state index in [9.17, 15) is 0 Å². The third kappa shape index (κ3) is 1.49. The molecule has 2 aromatic carbocycles. The first kappa shape index (κ1) is 11.6. The van der Waals surface area contributed by atoms with E-state index in [0.717, 1.165) is 33.8 Å². The number of benzene rings is 2. The van der Waals surface area contributed by atoms with Gasteiger partial charge < -0.3 is 10.3 Å². The van der Waals surface area contributed by atoms with Gasteiger partial charge in [-0.05, 0) is 36.4 Å². The van der Waals surface area contributed by atoms with Gasteiger partial charge in [-0.1, -0.05) is 24.3 Å². The minimum atomic E-state index is 0.0206. The first-order valence-corrected chi connectivity index (χ1v) is 7.38. The quantitative estimate of drug-likeness (QED) is 0.555. The summed E-state index contributed by atoms with van der Waals surface area (Å²) in [6.07, 6.45) is 1.98. The fourth-order valence-electron chi connectivity index (χ4n) is 3.24. The van der Waals surface area contributed by atoms with Crippen molar-refractivity contribution < 1.29 is 0 Å². The molecule has 2 aromatic heterocycles. The van der Waals surface area contributed by atoms with Crippen molar-refractivity contribution in [3.8, 4) is 11.4 Å². The summed E-state index contributed by atoms with van der Waals surface area (Å²) in [5, 5.41) is 3.63. The van der Waals surface area contributed by atoms with Gasteiger partial charge in [0, 0.05) is 17.4 Å². The number of anilines is 1. The first-order valence-electron chi connectivity index (χ1n) is 7.38. The summed E-state index contributed by atoms with van der Waals surface area (Å²) >= 11 is 0. The zero-order valence-electron chi connectivity index (χ0n) is 11.8. The molecule has 22 heavy (non-hydrogen) atoms. The van der Waals surface area contributed by atoms with Crippen LogP contribution in [-0.2, 0) is 0 Å². The van der Waals surface area contributed by atoms with E-state index in [1.165, 1.54) is 0 Å². The number of hydrogen-bond donors (Lipinski definition) is 2. The lowest BCUT2D eigenvalue weighted by Gasteiger charge is -2.29. The highest BCUT2D eigenvalue weighted by molar-refractivity contribution is 5.86. The molecule has 0 saturated carbocycles. The van der Waals surface area contributed by atoms with Gasteiger partial charge in [0.25, 0.3) is 0 Å². The van der Waals surface area contributed by atoms with Gasteiger partial charge in [-0.25, -0.2) is 4.98 Å². The van der Waals surface area contributed by atoms with E-state index in [0.29, 0.717) is 0 Å². The Labute approximate surface area is 127 Å². The molecule has 1 aliphatic rings. The van der Waals surface area contributed by atoms with Crippen molar-refractivity contribution in [2.24, 2.45) is 0 Å². The maximum atomic E-state index is 4.86. The number of hydrogen-bond acceptors (Lipinski definition) is 2. The van der Waals surface area contributed by atoms with Crippen LogP contribution < -0.4 is 5.32 Å². The van der Waals surface area contributed by atoms with Crippen LogP contribution in [0.4, 0.5) is 5.69 Å². The maximum Gasteiger partial charge on any atom is 0.146 e. The second-order valence-corrected chi connectivity index (χ2v) is 5.51. The Kier molecular flexibility index (Phi) is 2.24. The van der Waals surface area contributed by atoms with Gasteiger partial charge in [0.05, 0.1) is 16.7 Å². The third-order valence-corrected chi connectivity index (χ3v) is 4.23. The summed E-state index contributed by atoms with van der Waals surface area (Å²) in [4.78, 5) is 8.19. The van der Waals surface area contributed by atoms with Crippen molar-refractivity contribution in [1.29, 1.82) is 0 Å². The zero-order chi connectivity index (χ0) is 14.5. The monoisotopic (exact) mass is 286 g/mol. The number of para-hydroxylation sites is 3. The molecule has 0 bridgehead atoms. The van der Waals surface area contributed by atoms with Gasteiger partial charge in [0.15, 0.2) is 0 Å². The molecule has 0 fully saturated rings. The number of aromatic nitrogens is 3. The third-order valence-electron chi connectivity index (χ3n) is 4.23. The number of aromatic amines is 1. The molecule has 2 N–H and O–H groups in total. The second kappa shape index (κ2) is 4.24. The molecule has 0 spiro atoms. The lowest BCUT2D eigenvalue weighted by atomic mass is 10.1. The topological polar surface area (TPSA) is 45.6 Å². The van der Waals surface area contributed by atoms with E-state index < -0.39 is 0 Å². The molecule has 4 heteroatoms. The Morgan fingerprint density at radius 2 is 1.77 bits per heavy atom. The molecule has 5 rings (SSSR count). The van der Waals surface area contributed by atoms with Crippen LogP contribution >= 0.6 is 0 Å². The number of nitrogens with one attached hydrogen (secondary N) is 2. The Morgan fingerprint density at radius 3 is 2.68 bits per heavy atom. The van der Waals surface area contributed by atoms with Gasteiger partial charge in [0.1, 0.15) is 12.0 Å². The van der Waals surface area contributed by atoms with Crippen molar-refractivity contribution in [1.82, 2.24) is 14.5 Å². The highest BCUT2D eigenvalue weighted by atomic mass is 15.3. The molecule has 106 valence electrons. The molecule has 0 amide bonds. The standard InChI is InChI=1S/C18H14N4/c1-2-7-13-12(6-1)17-21-14-8-3-4-10-16(14)22(17)18(20-13)15-9-5-11-19-15/h1-11,18-20H. The van der Waals surface area contributed by atoms with Crippen molar-refractivity contribution in [2.45, 2.75) is 6.17 Å². The smallest absolute Gasteiger partial charge is 0.146 e. The van der Waals surface area contributed by atoms with Gasteiger partial charge in [-0.3, -0.25) is 4.57 Å². The second-order valence-electron chi connectivity index (χ2n) is 5.51.